The fraction of sp³-hybridized carbons (Fsp3) is 0.0909. The predicted molar refractivity (Wildman–Crippen MR) is 100 cm³/mol. The number of ether oxygens (including phenoxy) is 1. The summed E-state index contributed by atoms with van der Waals surface area (Å²) in [4.78, 5) is 0. The highest BCUT2D eigenvalue weighted by Crippen LogP contribution is 2.29. The second-order valence-electron chi connectivity index (χ2n) is 5.68. The van der Waals surface area contributed by atoms with Crippen LogP contribution >= 0.6 is 0 Å². The molecule has 0 spiro atoms. The molecule has 26 heavy (non-hydrogen) atoms. The lowest BCUT2D eigenvalue weighted by Gasteiger charge is -2.18. The van der Waals surface area contributed by atoms with Gasteiger partial charge in [-0.15, -0.1) is 0 Å². The first-order chi connectivity index (χ1) is 12.8. The first-order valence-electron chi connectivity index (χ1n) is 8.22. The van der Waals surface area contributed by atoms with Crippen molar-refractivity contribution >= 4 is 5.69 Å². The van der Waals surface area contributed by atoms with Crippen LogP contribution in [0.4, 0.5) is 5.69 Å². The molecule has 0 saturated heterocycles. The van der Waals surface area contributed by atoms with E-state index in [0.29, 0.717) is 23.6 Å². The third-order valence-electron chi connectivity index (χ3n) is 3.94. The number of hydrogen-bond donors (Lipinski definition) is 1. The van der Waals surface area contributed by atoms with Gasteiger partial charge in [-0.05, 0) is 23.8 Å². The maximum Gasteiger partial charge on any atom is 0.143 e. The normalized spacial score (nSPS) is 11.0. The van der Waals surface area contributed by atoms with E-state index in [2.05, 4.69) is 17.5 Å². The van der Waals surface area contributed by atoms with Crippen molar-refractivity contribution in [3.8, 4) is 17.9 Å². The Morgan fingerprint density at radius 3 is 2.31 bits per heavy atom. The minimum absolute atomic E-state index is 0.421. The van der Waals surface area contributed by atoms with Gasteiger partial charge in [0.1, 0.15) is 24.5 Å². The van der Waals surface area contributed by atoms with Crippen LogP contribution < -0.4 is 10.1 Å². The molecular weight excluding hydrogens is 322 g/mol. The molecule has 1 unspecified atom stereocenters. The van der Waals surface area contributed by atoms with Gasteiger partial charge < -0.3 is 10.1 Å². The van der Waals surface area contributed by atoms with Crippen LogP contribution in [0.1, 0.15) is 22.7 Å². The quantitative estimate of drug-likeness (QED) is 0.699. The van der Waals surface area contributed by atoms with Crippen molar-refractivity contribution in [1.29, 1.82) is 10.5 Å². The number of hydrogen-bond acceptors (Lipinski definition) is 4. The molecule has 1 atom stereocenters. The third-order valence-corrected chi connectivity index (χ3v) is 3.94. The Morgan fingerprint density at radius 2 is 1.54 bits per heavy atom. The van der Waals surface area contributed by atoms with E-state index in [1.165, 1.54) is 0 Å². The highest BCUT2D eigenvalue weighted by molar-refractivity contribution is 5.59. The van der Waals surface area contributed by atoms with Crippen molar-refractivity contribution in [2.45, 2.75) is 12.6 Å². The van der Waals surface area contributed by atoms with Gasteiger partial charge in [0.2, 0.25) is 0 Å². The zero-order valence-corrected chi connectivity index (χ0v) is 14.1. The molecule has 3 aromatic carbocycles. The van der Waals surface area contributed by atoms with Crippen molar-refractivity contribution in [3.63, 3.8) is 0 Å². The monoisotopic (exact) mass is 339 g/mol. The van der Waals surface area contributed by atoms with Crippen molar-refractivity contribution < 1.29 is 4.74 Å². The molecule has 4 nitrogen and oxygen atoms in total. The molecule has 1 N–H and O–H groups in total. The average molecular weight is 339 g/mol. The highest BCUT2D eigenvalue weighted by Gasteiger charge is 2.17. The molecule has 0 aromatic heterocycles. The van der Waals surface area contributed by atoms with Gasteiger partial charge in [-0.2, -0.15) is 10.5 Å². The van der Waals surface area contributed by atoms with Crippen LogP contribution in [0, 0.1) is 22.7 Å². The van der Waals surface area contributed by atoms with Crippen molar-refractivity contribution in [1.82, 2.24) is 0 Å². The Balaban J connectivity index is 1.83. The van der Waals surface area contributed by atoms with Gasteiger partial charge in [-0.25, -0.2) is 0 Å². The van der Waals surface area contributed by atoms with E-state index >= 15 is 0 Å². The summed E-state index contributed by atoms with van der Waals surface area (Å²) < 4.78 is 5.94. The Labute approximate surface area is 152 Å². The molecule has 0 fully saturated rings. The second kappa shape index (κ2) is 8.37. The first-order valence-corrected chi connectivity index (χ1v) is 8.22. The topological polar surface area (TPSA) is 68.8 Å². The summed E-state index contributed by atoms with van der Waals surface area (Å²) in [5, 5.41) is 22.0. The first kappa shape index (κ1) is 17.1. The second-order valence-corrected chi connectivity index (χ2v) is 5.68. The molecule has 126 valence electrons. The minimum atomic E-state index is -0.628. The van der Waals surface area contributed by atoms with E-state index in [0.717, 1.165) is 11.1 Å². The third kappa shape index (κ3) is 4.01. The summed E-state index contributed by atoms with van der Waals surface area (Å²) in [6.45, 7) is 0.421. The maximum absolute atomic E-state index is 9.66. The van der Waals surface area contributed by atoms with E-state index in [1.807, 2.05) is 60.7 Å². The molecule has 3 rings (SSSR count). The molecule has 0 aliphatic rings. The number of nitriles is 2. The van der Waals surface area contributed by atoms with Gasteiger partial charge in [-0.1, -0.05) is 60.7 Å². The fourth-order valence-electron chi connectivity index (χ4n) is 2.63. The number of benzene rings is 3. The molecule has 4 heteroatoms. The Bertz CT molecular complexity index is 955. The number of anilines is 1. The van der Waals surface area contributed by atoms with Crippen LogP contribution in [0.5, 0.6) is 5.75 Å². The smallest absolute Gasteiger partial charge is 0.143 e. The van der Waals surface area contributed by atoms with Crippen molar-refractivity contribution in [3.05, 3.63) is 95.6 Å². The number of rotatable bonds is 6. The maximum atomic E-state index is 9.66. The molecule has 3 aromatic rings. The van der Waals surface area contributed by atoms with Crippen LogP contribution in [0.25, 0.3) is 0 Å². The van der Waals surface area contributed by atoms with Crippen molar-refractivity contribution in [2.24, 2.45) is 0 Å². The van der Waals surface area contributed by atoms with Gasteiger partial charge in [0, 0.05) is 5.56 Å². The molecular formula is C22H17N3O. The van der Waals surface area contributed by atoms with E-state index in [-0.39, 0.29) is 0 Å². The van der Waals surface area contributed by atoms with Crippen LogP contribution in [-0.2, 0) is 6.61 Å². The summed E-state index contributed by atoms with van der Waals surface area (Å²) in [6, 6.07) is 28.2. The number of nitrogens with one attached hydrogen (secondary N) is 1. The van der Waals surface area contributed by atoms with Crippen LogP contribution in [0.2, 0.25) is 0 Å². The molecule has 0 heterocycles. The SMILES string of the molecule is N#Cc1ccccc1NC(C#N)c1ccccc1OCc1ccccc1. The largest absolute Gasteiger partial charge is 0.489 e. The van der Waals surface area contributed by atoms with Gasteiger partial charge in [0.15, 0.2) is 0 Å². The van der Waals surface area contributed by atoms with E-state index in [4.69, 9.17) is 4.74 Å². The lowest BCUT2D eigenvalue weighted by Crippen LogP contribution is -2.11. The zero-order chi connectivity index (χ0) is 18.2. The number of nitrogens with zero attached hydrogens (tertiary/aromatic N) is 2. The molecule has 0 aliphatic carbocycles. The lowest BCUT2D eigenvalue weighted by molar-refractivity contribution is 0.302. The predicted octanol–water partition coefficient (Wildman–Crippen LogP) is 4.81. The van der Waals surface area contributed by atoms with E-state index < -0.39 is 6.04 Å². The summed E-state index contributed by atoms with van der Waals surface area (Å²) in [5.74, 6) is 0.643. The molecule has 0 aliphatic heterocycles. The summed E-state index contributed by atoms with van der Waals surface area (Å²) in [7, 11) is 0. The zero-order valence-electron chi connectivity index (χ0n) is 14.1. The minimum Gasteiger partial charge on any atom is -0.489 e. The summed E-state index contributed by atoms with van der Waals surface area (Å²) >= 11 is 0. The van der Waals surface area contributed by atoms with Crippen molar-refractivity contribution in [2.75, 3.05) is 5.32 Å². The summed E-state index contributed by atoms with van der Waals surface area (Å²) in [5.41, 5.74) is 2.91. The van der Waals surface area contributed by atoms with Crippen LogP contribution in [-0.4, -0.2) is 0 Å². The molecule has 0 saturated carbocycles. The molecule has 0 amide bonds. The molecule has 0 radical (unpaired) electrons. The van der Waals surface area contributed by atoms with Gasteiger partial charge >= 0.3 is 0 Å². The van der Waals surface area contributed by atoms with E-state index in [1.54, 1.807) is 18.2 Å². The van der Waals surface area contributed by atoms with Gasteiger partial charge in [-0.3, -0.25) is 0 Å². The number of para-hydroxylation sites is 2. The Kier molecular flexibility index (Phi) is 5.50. The Morgan fingerprint density at radius 1 is 0.846 bits per heavy atom. The van der Waals surface area contributed by atoms with Crippen LogP contribution in [0.15, 0.2) is 78.9 Å². The van der Waals surface area contributed by atoms with Crippen LogP contribution in [0.3, 0.4) is 0 Å². The average Bonchev–Trinajstić information content (AvgIpc) is 2.72. The summed E-state index contributed by atoms with van der Waals surface area (Å²) in [6.07, 6.45) is 0. The van der Waals surface area contributed by atoms with Gasteiger partial charge in [0.05, 0.1) is 17.3 Å². The molecule has 0 bridgehead atoms. The fourth-order valence-corrected chi connectivity index (χ4v) is 2.63. The van der Waals surface area contributed by atoms with Gasteiger partial charge in [0.25, 0.3) is 0 Å². The highest BCUT2D eigenvalue weighted by atomic mass is 16.5. The van der Waals surface area contributed by atoms with E-state index in [9.17, 15) is 10.5 Å². The lowest BCUT2D eigenvalue weighted by atomic mass is 10.1. The Hall–Kier alpha value is -3.76. The standard InChI is InChI=1S/C22H17N3O/c23-14-18-10-4-6-12-20(18)25-21(15-24)19-11-5-7-13-22(19)26-16-17-8-2-1-3-9-17/h1-13,21,25H,16H2.